The Labute approximate surface area is 72.1 Å². The van der Waals surface area contributed by atoms with Crippen LogP contribution in [0.2, 0.25) is 0 Å². The molecular weight excluding hydrogens is 150 g/mol. The third kappa shape index (κ3) is 2.59. The summed E-state index contributed by atoms with van der Waals surface area (Å²) in [4.78, 5) is 3.89. The molecule has 0 aliphatic carbocycles. The molecule has 62 valence electrons. The maximum absolute atomic E-state index is 8.51. The van der Waals surface area contributed by atoms with Crippen LogP contribution >= 0.6 is 0 Å². The molecule has 3 heteroatoms. The highest BCUT2D eigenvalue weighted by Crippen LogP contribution is 2.04. The van der Waals surface area contributed by atoms with E-state index < -0.39 is 0 Å². The van der Waals surface area contributed by atoms with Gasteiger partial charge in [-0.1, -0.05) is 0 Å². The highest BCUT2D eigenvalue weighted by Gasteiger charge is 1.97. The first-order chi connectivity index (χ1) is 5.83. The maximum Gasteiger partial charge on any atom is 0.0671 e. The van der Waals surface area contributed by atoms with Crippen LogP contribution in [0, 0.1) is 17.2 Å². The summed E-state index contributed by atoms with van der Waals surface area (Å²) in [6.07, 6.45) is 3.44. The molecule has 0 bridgehead atoms. The quantitative estimate of drug-likeness (QED) is 0.733. The average Bonchev–Trinajstić information content (AvgIpc) is 2.16. The molecule has 0 fully saturated rings. The number of hydrogen-bond acceptors (Lipinski definition) is 3. The first-order valence-electron chi connectivity index (χ1n) is 3.86. The molecule has 1 atom stereocenters. The highest BCUT2D eigenvalue weighted by atomic mass is 14.9. The lowest BCUT2D eigenvalue weighted by Crippen LogP contribution is -2.08. The lowest BCUT2D eigenvalue weighted by molar-refractivity contribution is 0.786. The van der Waals surface area contributed by atoms with Gasteiger partial charge in [0.25, 0.3) is 0 Å². The second-order valence-electron chi connectivity index (χ2n) is 2.65. The fraction of sp³-hybridized carbons (Fsp3) is 0.333. The molecule has 1 aromatic heterocycles. The van der Waals surface area contributed by atoms with E-state index in [4.69, 9.17) is 5.26 Å². The van der Waals surface area contributed by atoms with Crippen LogP contribution in [-0.2, 0) is 0 Å². The number of rotatable bonds is 3. The van der Waals surface area contributed by atoms with Crippen molar-refractivity contribution in [2.75, 3.05) is 11.9 Å². The van der Waals surface area contributed by atoms with Gasteiger partial charge in [-0.25, -0.2) is 0 Å². The van der Waals surface area contributed by atoms with E-state index >= 15 is 0 Å². The van der Waals surface area contributed by atoms with Gasteiger partial charge in [0.2, 0.25) is 0 Å². The third-order valence-electron chi connectivity index (χ3n) is 1.51. The highest BCUT2D eigenvalue weighted by molar-refractivity contribution is 5.40. The van der Waals surface area contributed by atoms with Gasteiger partial charge in [0.15, 0.2) is 0 Å². The Balaban J connectivity index is 2.40. The third-order valence-corrected chi connectivity index (χ3v) is 1.51. The van der Waals surface area contributed by atoms with E-state index in [0.717, 1.165) is 5.69 Å². The van der Waals surface area contributed by atoms with Crippen LogP contribution in [-0.4, -0.2) is 11.5 Å². The molecule has 0 aliphatic heterocycles. The Morgan fingerprint density at radius 2 is 2.25 bits per heavy atom. The molecule has 0 radical (unpaired) electrons. The first-order valence-corrected chi connectivity index (χ1v) is 3.86. The standard InChI is InChI=1S/C9H11N3/c1-8(6-10)7-12-9-2-4-11-5-3-9/h2-5,8H,7H2,1H3,(H,11,12). The van der Waals surface area contributed by atoms with E-state index in [-0.39, 0.29) is 5.92 Å². The van der Waals surface area contributed by atoms with Crippen molar-refractivity contribution in [3.8, 4) is 6.07 Å². The van der Waals surface area contributed by atoms with Crippen molar-refractivity contribution in [2.24, 2.45) is 5.92 Å². The molecular formula is C9H11N3. The number of nitriles is 1. The molecule has 0 aliphatic rings. The van der Waals surface area contributed by atoms with Gasteiger partial charge in [0.1, 0.15) is 0 Å². The van der Waals surface area contributed by atoms with Crippen LogP contribution in [0.15, 0.2) is 24.5 Å². The topological polar surface area (TPSA) is 48.7 Å². The maximum atomic E-state index is 8.51. The predicted octanol–water partition coefficient (Wildman–Crippen LogP) is 1.65. The minimum absolute atomic E-state index is 0.0400. The van der Waals surface area contributed by atoms with Crippen LogP contribution in [0.1, 0.15) is 6.92 Å². The van der Waals surface area contributed by atoms with Crippen LogP contribution in [0.3, 0.4) is 0 Å². The molecule has 3 nitrogen and oxygen atoms in total. The van der Waals surface area contributed by atoms with Crippen molar-refractivity contribution in [3.63, 3.8) is 0 Å². The summed E-state index contributed by atoms with van der Waals surface area (Å²) in [5.41, 5.74) is 1.01. The van der Waals surface area contributed by atoms with Crippen LogP contribution < -0.4 is 5.32 Å². The van der Waals surface area contributed by atoms with Crippen molar-refractivity contribution in [2.45, 2.75) is 6.92 Å². The van der Waals surface area contributed by atoms with Gasteiger partial charge < -0.3 is 5.32 Å². The Morgan fingerprint density at radius 1 is 1.58 bits per heavy atom. The smallest absolute Gasteiger partial charge is 0.0671 e. The second-order valence-corrected chi connectivity index (χ2v) is 2.65. The van der Waals surface area contributed by atoms with E-state index in [2.05, 4.69) is 16.4 Å². The monoisotopic (exact) mass is 161 g/mol. The van der Waals surface area contributed by atoms with Crippen molar-refractivity contribution < 1.29 is 0 Å². The molecule has 0 amide bonds. The summed E-state index contributed by atoms with van der Waals surface area (Å²) in [7, 11) is 0. The largest absolute Gasteiger partial charge is 0.384 e. The summed E-state index contributed by atoms with van der Waals surface area (Å²) >= 11 is 0. The van der Waals surface area contributed by atoms with Gasteiger partial charge in [0.05, 0.1) is 12.0 Å². The minimum atomic E-state index is 0.0400. The number of pyridine rings is 1. The number of aromatic nitrogens is 1. The van der Waals surface area contributed by atoms with Gasteiger partial charge in [-0.3, -0.25) is 4.98 Å². The van der Waals surface area contributed by atoms with E-state index in [0.29, 0.717) is 6.54 Å². The molecule has 1 aromatic rings. The van der Waals surface area contributed by atoms with E-state index in [1.165, 1.54) is 0 Å². The molecule has 0 saturated heterocycles. The molecule has 1 heterocycles. The summed E-state index contributed by atoms with van der Waals surface area (Å²) in [6, 6.07) is 5.92. The zero-order chi connectivity index (χ0) is 8.81. The average molecular weight is 161 g/mol. The predicted molar refractivity (Wildman–Crippen MR) is 47.5 cm³/mol. The molecule has 1 N–H and O–H groups in total. The van der Waals surface area contributed by atoms with E-state index in [1.807, 2.05) is 19.1 Å². The molecule has 12 heavy (non-hydrogen) atoms. The van der Waals surface area contributed by atoms with Crippen LogP contribution in [0.5, 0.6) is 0 Å². The van der Waals surface area contributed by atoms with E-state index in [1.54, 1.807) is 12.4 Å². The normalized spacial score (nSPS) is 11.7. The Bertz CT molecular complexity index is 263. The lowest BCUT2D eigenvalue weighted by Gasteiger charge is -2.05. The van der Waals surface area contributed by atoms with Gasteiger partial charge in [-0.2, -0.15) is 5.26 Å². The molecule has 0 saturated carbocycles. The zero-order valence-corrected chi connectivity index (χ0v) is 6.99. The molecule has 1 rings (SSSR count). The summed E-state index contributed by atoms with van der Waals surface area (Å²) in [6.45, 7) is 2.56. The Morgan fingerprint density at radius 3 is 2.83 bits per heavy atom. The van der Waals surface area contributed by atoms with Gasteiger partial charge in [-0.15, -0.1) is 0 Å². The number of nitrogens with one attached hydrogen (secondary N) is 1. The van der Waals surface area contributed by atoms with Crippen molar-refractivity contribution in [1.82, 2.24) is 4.98 Å². The Hall–Kier alpha value is -1.56. The number of anilines is 1. The Kier molecular flexibility index (Phi) is 3.09. The second kappa shape index (κ2) is 4.35. The molecule has 0 aromatic carbocycles. The first kappa shape index (κ1) is 8.54. The van der Waals surface area contributed by atoms with Crippen LogP contribution in [0.4, 0.5) is 5.69 Å². The minimum Gasteiger partial charge on any atom is -0.384 e. The van der Waals surface area contributed by atoms with Crippen LogP contribution in [0.25, 0.3) is 0 Å². The lowest BCUT2D eigenvalue weighted by atomic mass is 10.2. The van der Waals surface area contributed by atoms with Crippen molar-refractivity contribution in [1.29, 1.82) is 5.26 Å². The molecule has 0 spiro atoms. The van der Waals surface area contributed by atoms with Crippen molar-refractivity contribution >= 4 is 5.69 Å². The fourth-order valence-corrected chi connectivity index (χ4v) is 0.786. The molecule has 1 unspecified atom stereocenters. The SMILES string of the molecule is CC(C#N)CNc1ccncc1. The number of nitrogens with zero attached hydrogens (tertiary/aromatic N) is 2. The van der Waals surface area contributed by atoms with Crippen molar-refractivity contribution in [3.05, 3.63) is 24.5 Å². The van der Waals surface area contributed by atoms with Gasteiger partial charge >= 0.3 is 0 Å². The summed E-state index contributed by atoms with van der Waals surface area (Å²) in [5.74, 6) is 0.0400. The number of hydrogen-bond donors (Lipinski definition) is 1. The summed E-state index contributed by atoms with van der Waals surface area (Å²) in [5, 5.41) is 11.6. The van der Waals surface area contributed by atoms with E-state index in [9.17, 15) is 0 Å². The summed E-state index contributed by atoms with van der Waals surface area (Å²) < 4.78 is 0. The van der Waals surface area contributed by atoms with Gasteiger partial charge in [-0.05, 0) is 19.1 Å². The van der Waals surface area contributed by atoms with Gasteiger partial charge in [0, 0.05) is 24.6 Å². The zero-order valence-electron chi connectivity index (χ0n) is 6.99. The fourth-order valence-electron chi connectivity index (χ4n) is 0.786.